The topological polar surface area (TPSA) is 69.2 Å². The Morgan fingerprint density at radius 3 is 2.86 bits per heavy atom. The van der Waals surface area contributed by atoms with Gasteiger partial charge in [0.25, 0.3) is 0 Å². The van der Waals surface area contributed by atoms with Crippen LogP contribution >= 0.6 is 0 Å². The third-order valence-electron chi connectivity index (χ3n) is 6.33. The van der Waals surface area contributed by atoms with E-state index in [0.717, 1.165) is 38.1 Å². The molecule has 1 spiro atoms. The van der Waals surface area contributed by atoms with Crippen LogP contribution in [0.2, 0.25) is 0 Å². The SMILES string of the molecule is COc1cncc(CNCC[C@@]2(c3ccccn3)CCOC3(CCCC3)C2)n1. The van der Waals surface area contributed by atoms with Crippen molar-refractivity contribution in [1.29, 1.82) is 0 Å². The van der Waals surface area contributed by atoms with E-state index < -0.39 is 0 Å². The maximum atomic E-state index is 6.32. The molecule has 1 N–H and O–H groups in total. The molecule has 2 aromatic heterocycles. The number of pyridine rings is 1. The van der Waals surface area contributed by atoms with Gasteiger partial charge in [0.15, 0.2) is 0 Å². The van der Waals surface area contributed by atoms with Crippen molar-refractivity contribution in [1.82, 2.24) is 20.3 Å². The molecule has 0 radical (unpaired) electrons. The number of nitrogens with zero attached hydrogens (tertiary/aromatic N) is 3. The van der Waals surface area contributed by atoms with Crippen LogP contribution in [0.15, 0.2) is 36.8 Å². The normalized spacial score (nSPS) is 23.8. The highest BCUT2D eigenvalue weighted by atomic mass is 16.5. The van der Waals surface area contributed by atoms with Gasteiger partial charge >= 0.3 is 0 Å². The number of hydrogen-bond donors (Lipinski definition) is 1. The molecular formula is C22H30N4O2. The van der Waals surface area contributed by atoms with Crippen LogP contribution in [0.25, 0.3) is 0 Å². The Bertz CT molecular complexity index is 764. The molecule has 0 unspecified atom stereocenters. The number of hydrogen-bond acceptors (Lipinski definition) is 6. The second-order valence-electron chi connectivity index (χ2n) is 8.14. The van der Waals surface area contributed by atoms with Gasteiger partial charge in [0.1, 0.15) is 0 Å². The minimum Gasteiger partial charge on any atom is -0.480 e. The van der Waals surface area contributed by atoms with Crippen molar-refractivity contribution >= 4 is 0 Å². The maximum absolute atomic E-state index is 6.32. The monoisotopic (exact) mass is 382 g/mol. The average molecular weight is 383 g/mol. The first-order valence-electron chi connectivity index (χ1n) is 10.3. The van der Waals surface area contributed by atoms with Gasteiger partial charge in [0.05, 0.1) is 24.6 Å². The Balaban J connectivity index is 1.44. The van der Waals surface area contributed by atoms with Crippen LogP contribution in [-0.4, -0.2) is 40.8 Å². The fourth-order valence-corrected chi connectivity index (χ4v) is 4.91. The second kappa shape index (κ2) is 8.53. The molecule has 0 aromatic carbocycles. The van der Waals surface area contributed by atoms with Gasteiger partial charge < -0.3 is 14.8 Å². The molecule has 4 rings (SSSR count). The lowest BCUT2D eigenvalue weighted by Gasteiger charge is -2.46. The van der Waals surface area contributed by atoms with Crippen LogP contribution < -0.4 is 10.1 Å². The van der Waals surface area contributed by atoms with Crippen molar-refractivity contribution < 1.29 is 9.47 Å². The second-order valence-corrected chi connectivity index (χ2v) is 8.14. The quantitative estimate of drug-likeness (QED) is 0.740. The molecule has 1 aliphatic heterocycles. The van der Waals surface area contributed by atoms with Gasteiger partial charge in [0, 0.05) is 36.7 Å². The van der Waals surface area contributed by atoms with E-state index >= 15 is 0 Å². The van der Waals surface area contributed by atoms with Gasteiger partial charge in [-0.2, -0.15) is 0 Å². The van der Waals surface area contributed by atoms with E-state index in [1.54, 1.807) is 19.5 Å². The molecule has 2 aliphatic rings. The summed E-state index contributed by atoms with van der Waals surface area (Å²) in [6.07, 6.45) is 13.4. The molecule has 2 aromatic rings. The molecule has 150 valence electrons. The molecule has 6 heteroatoms. The summed E-state index contributed by atoms with van der Waals surface area (Å²) < 4.78 is 11.5. The lowest BCUT2D eigenvalue weighted by molar-refractivity contribution is -0.104. The zero-order chi connectivity index (χ0) is 19.3. The largest absolute Gasteiger partial charge is 0.480 e. The Labute approximate surface area is 167 Å². The highest BCUT2D eigenvalue weighted by Gasteiger charge is 2.48. The molecule has 6 nitrogen and oxygen atoms in total. The number of methoxy groups -OCH3 is 1. The molecule has 0 amide bonds. The van der Waals surface area contributed by atoms with Crippen molar-refractivity contribution in [3.05, 3.63) is 48.2 Å². The van der Waals surface area contributed by atoms with Gasteiger partial charge in [-0.25, -0.2) is 4.98 Å². The Morgan fingerprint density at radius 2 is 2.07 bits per heavy atom. The Hall–Kier alpha value is -2.05. The summed E-state index contributed by atoms with van der Waals surface area (Å²) in [5, 5.41) is 3.55. The van der Waals surface area contributed by atoms with E-state index in [4.69, 9.17) is 14.5 Å². The maximum Gasteiger partial charge on any atom is 0.232 e. The highest BCUT2D eigenvalue weighted by Crippen LogP contribution is 2.49. The molecule has 3 heterocycles. The first kappa shape index (κ1) is 19.3. The van der Waals surface area contributed by atoms with E-state index in [1.807, 2.05) is 12.3 Å². The highest BCUT2D eigenvalue weighted by molar-refractivity contribution is 5.20. The van der Waals surface area contributed by atoms with Gasteiger partial charge in [-0.05, 0) is 50.8 Å². The number of aromatic nitrogens is 3. The molecule has 1 aliphatic carbocycles. The predicted octanol–water partition coefficient (Wildman–Crippen LogP) is 3.42. The lowest BCUT2D eigenvalue weighted by atomic mass is 9.68. The van der Waals surface area contributed by atoms with E-state index in [1.165, 1.54) is 31.4 Å². The van der Waals surface area contributed by atoms with Crippen LogP contribution in [0.5, 0.6) is 5.88 Å². The lowest BCUT2D eigenvalue weighted by Crippen LogP contribution is -2.47. The summed E-state index contributed by atoms with van der Waals surface area (Å²) in [6.45, 7) is 2.42. The number of ether oxygens (including phenoxy) is 2. The molecule has 1 saturated heterocycles. The standard InChI is InChI=1S/C22H30N4O2/c1-27-20-16-24-15-18(26-20)14-23-12-9-21(19-6-2-5-11-25-19)10-13-28-22(17-21)7-3-4-8-22/h2,5-6,11,15-16,23H,3-4,7-10,12-14,17H2,1H3/t21-/m1/s1. The van der Waals surface area contributed by atoms with Gasteiger partial charge in [-0.3, -0.25) is 9.97 Å². The van der Waals surface area contributed by atoms with Crippen molar-refractivity contribution in [2.24, 2.45) is 0 Å². The molecular weight excluding hydrogens is 352 g/mol. The first-order valence-corrected chi connectivity index (χ1v) is 10.3. The molecule has 1 saturated carbocycles. The van der Waals surface area contributed by atoms with Crippen molar-refractivity contribution in [2.75, 3.05) is 20.3 Å². The third-order valence-corrected chi connectivity index (χ3v) is 6.33. The first-order chi connectivity index (χ1) is 13.7. The third kappa shape index (κ3) is 4.18. The summed E-state index contributed by atoms with van der Waals surface area (Å²) in [5.74, 6) is 0.553. The van der Waals surface area contributed by atoms with Crippen molar-refractivity contribution in [2.45, 2.75) is 62.5 Å². The molecule has 0 bridgehead atoms. The minimum atomic E-state index is 0.0635. The van der Waals surface area contributed by atoms with Crippen LogP contribution in [-0.2, 0) is 16.7 Å². The summed E-state index contributed by atoms with van der Waals surface area (Å²) in [6, 6.07) is 6.31. The van der Waals surface area contributed by atoms with E-state index in [-0.39, 0.29) is 11.0 Å². The van der Waals surface area contributed by atoms with Crippen LogP contribution in [0.4, 0.5) is 0 Å². The van der Waals surface area contributed by atoms with Gasteiger partial charge in [-0.15, -0.1) is 0 Å². The summed E-state index contributed by atoms with van der Waals surface area (Å²) in [7, 11) is 1.61. The Kier molecular flexibility index (Phi) is 5.87. The van der Waals surface area contributed by atoms with Crippen LogP contribution in [0, 0.1) is 0 Å². The molecule has 1 atom stereocenters. The number of rotatable bonds is 7. The van der Waals surface area contributed by atoms with E-state index in [0.29, 0.717) is 12.4 Å². The summed E-state index contributed by atoms with van der Waals surface area (Å²) in [5.41, 5.74) is 2.25. The molecule has 28 heavy (non-hydrogen) atoms. The molecule has 2 fully saturated rings. The Morgan fingerprint density at radius 1 is 1.18 bits per heavy atom. The van der Waals surface area contributed by atoms with Crippen LogP contribution in [0.1, 0.15) is 56.3 Å². The van der Waals surface area contributed by atoms with Crippen LogP contribution in [0.3, 0.4) is 0 Å². The fraction of sp³-hybridized carbons (Fsp3) is 0.591. The minimum absolute atomic E-state index is 0.0635. The van der Waals surface area contributed by atoms with Crippen molar-refractivity contribution in [3.63, 3.8) is 0 Å². The zero-order valence-electron chi connectivity index (χ0n) is 16.7. The number of nitrogens with one attached hydrogen (secondary N) is 1. The van der Waals surface area contributed by atoms with Gasteiger partial charge in [0.2, 0.25) is 5.88 Å². The predicted molar refractivity (Wildman–Crippen MR) is 107 cm³/mol. The van der Waals surface area contributed by atoms with E-state index in [2.05, 4.69) is 27.4 Å². The fourth-order valence-electron chi connectivity index (χ4n) is 4.91. The summed E-state index contributed by atoms with van der Waals surface area (Å²) in [4.78, 5) is 13.4. The summed E-state index contributed by atoms with van der Waals surface area (Å²) >= 11 is 0. The average Bonchev–Trinajstić information content (AvgIpc) is 3.19. The van der Waals surface area contributed by atoms with Gasteiger partial charge in [-0.1, -0.05) is 18.9 Å². The van der Waals surface area contributed by atoms with Crippen molar-refractivity contribution in [3.8, 4) is 5.88 Å². The van der Waals surface area contributed by atoms with E-state index in [9.17, 15) is 0 Å². The zero-order valence-corrected chi connectivity index (χ0v) is 16.7. The smallest absolute Gasteiger partial charge is 0.232 e.